The summed E-state index contributed by atoms with van der Waals surface area (Å²) in [6.45, 7) is 2.14. The number of anilines is 1. The van der Waals surface area contributed by atoms with Gasteiger partial charge in [-0.1, -0.05) is 11.8 Å². The first-order valence-corrected chi connectivity index (χ1v) is 7.95. The van der Waals surface area contributed by atoms with E-state index in [1.54, 1.807) is 23.1 Å². The molecule has 1 aromatic heterocycles. The van der Waals surface area contributed by atoms with Crippen molar-refractivity contribution >= 4 is 39.0 Å². The molecule has 2 unspecified atom stereocenters. The first-order valence-electron chi connectivity index (χ1n) is 6.15. The number of hydrogen-bond donors (Lipinski definition) is 1. The molecule has 1 saturated heterocycles. The normalized spacial score (nSPS) is 23.8. The van der Waals surface area contributed by atoms with Gasteiger partial charge in [-0.05, 0) is 38.0 Å². The molecule has 1 aliphatic rings. The van der Waals surface area contributed by atoms with Gasteiger partial charge >= 0.3 is 0 Å². The van der Waals surface area contributed by atoms with Crippen LogP contribution in [-0.4, -0.2) is 22.9 Å². The number of thioether (sulfide) groups is 1. The van der Waals surface area contributed by atoms with Crippen LogP contribution < -0.4 is 5.73 Å². The Kier molecular flexibility index (Phi) is 3.46. The molecule has 3 nitrogen and oxygen atoms in total. The average Bonchev–Trinajstić information content (AvgIpc) is 2.92. The van der Waals surface area contributed by atoms with E-state index in [1.807, 2.05) is 18.2 Å². The molecule has 3 rings (SSSR count). The first-order chi connectivity index (χ1) is 8.70. The summed E-state index contributed by atoms with van der Waals surface area (Å²) in [5, 5.41) is 0. The summed E-state index contributed by atoms with van der Waals surface area (Å²) in [6.07, 6.45) is 3.17. The van der Waals surface area contributed by atoms with Gasteiger partial charge in [0.1, 0.15) is 0 Å². The molecule has 96 valence electrons. The lowest BCUT2D eigenvalue weighted by Crippen LogP contribution is -2.10. The minimum absolute atomic E-state index is 0.391. The predicted octanol–water partition coefficient (Wildman–Crippen LogP) is 3.54. The van der Waals surface area contributed by atoms with Crippen molar-refractivity contribution in [2.45, 2.75) is 36.3 Å². The number of rotatable bonds is 3. The maximum absolute atomic E-state index is 5.81. The summed E-state index contributed by atoms with van der Waals surface area (Å²) in [5.41, 5.74) is 7.61. The van der Waals surface area contributed by atoms with E-state index in [4.69, 9.17) is 10.5 Å². The molecule has 0 spiro atoms. The second kappa shape index (κ2) is 5.07. The summed E-state index contributed by atoms with van der Waals surface area (Å²) in [7, 11) is 0. The summed E-state index contributed by atoms with van der Waals surface area (Å²) in [4.78, 5) is 4.60. The zero-order valence-corrected chi connectivity index (χ0v) is 11.9. The molecule has 0 aliphatic carbocycles. The van der Waals surface area contributed by atoms with E-state index in [2.05, 4.69) is 11.9 Å². The standard InChI is InChI=1S/C13H16N2OS2/c1-8-2-4-10(16-8)7-17-13-15-11-5-3-9(14)6-12(11)18-13/h3,5-6,8,10H,2,4,7,14H2,1H3. The van der Waals surface area contributed by atoms with E-state index in [-0.39, 0.29) is 0 Å². The Morgan fingerprint density at radius 1 is 1.50 bits per heavy atom. The van der Waals surface area contributed by atoms with Crippen LogP contribution in [0.5, 0.6) is 0 Å². The lowest BCUT2D eigenvalue weighted by atomic mass is 10.2. The Bertz CT molecular complexity index is 555. The maximum atomic E-state index is 5.81. The molecule has 18 heavy (non-hydrogen) atoms. The lowest BCUT2D eigenvalue weighted by molar-refractivity contribution is 0.0700. The van der Waals surface area contributed by atoms with Crippen LogP contribution in [0.3, 0.4) is 0 Å². The Balaban J connectivity index is 1.67. The first kappa shape index (κ1) is 12.3. The number of nitrogens with two attached hydrogens (primary N) is 1. The van der Waals surface area contributed by atoms with Crippen LogP contribution in [0.25, 0.3) is 10.2 Å². The number of nitrogens with zero attached hydrogens (tertiary/aromatic N) is 1. The van der Waals surface area contributed by atoms with E-state index in [1.165, 1.54) is 17.5 Å². The van der Waals surface area contributed by atoms with E-state index in [0.29, 0.717) is 12.2 Å². The molecule has 1 aromatic carbocycles. The highest BCUT2D eigenvalue weighted by molar-refractivity contribution is 8.01. The van der Waals surface area contributed by atoms with Crippen molar-refractivity contribution in [2.24, 2.45) is 0 Å². The number of hydrogen-bond acceptors (Lipinski definition) is 5. The van der Waals surface area contributed by atoms with Crippen LogP contribution in [-0.2, 0) is 4.74 Å². The quantitative estimate of drug-likeness (QED) is 0.690. The van der Waals surface area contributed by atoms with Gasteiger partial charge in [-0.2, -0.15) is 0 Å². The number of aromatic nitrogens is 1. The minimum atomic E-state index is 0.391. The van der Waals surface area contributed by atoms with Crippen LogP contribution in [0.15, 0.2) is 22.5 Å². The maximum Gasteiger partial charge on any atom is 0.151 e. The van der Waals surface area contributed by atoms with E-state index in [9.17, 15) is 0 Å². The molecule has 0 radical (unpaired) electrons. The van der Waals surface area contributed by atoms with Crippen molar-refractivity contribution in [1.29, 1.82) is 0 Å². The number of nitrogen functional groups attached to an aromatic ring is 1. The molecule has 2 heterocycles. The molecular formula is C13H16N2OS2. The van der Waals surface area contributed by atoms with E-state index >= 15 is 0 Å². The number of ether oxygens (including phenoxy) is 1. The Morgan fingerprint density at radius 2 is 2.39 bits per heavy atom. The van der Waals surface area contributed by atoms with Crippen LogP contribution in [0.1, 0.15) is 19.8 Å². The van der Waals surface area contributed by atoms with Crippen LogP contribution >= 0.6 is 23.1 Å². The molecule has 2 N–H and O–H groups in total. The van der Waals surface area contributed by atoms with Crippen molar-refractivity contribution in [3.63, 3.8) is 0 Å². The Labute approximate surface area is 115 Å². The summed E-state index contributed by atoms with van der Waals surface area (Å²) < 4.78 is 8.09. The summed E-state index contributed by atoms with van der Waals surface area (Å²) >= 11 is 3.50. The van der Waals surface area contributed by atoms with Gasteiger partial charge < -0.3 is 10.5 Å². The predicted molar refractivity (Wildman–Crippen MR) is 78.3 cm³/mol. The number of fused-ring (bicyclic) bond motifs is 1. The van der Waals surface area contributed by atoms with Crippen LogP contribution in [0.2, 0.25) is 0 Å². The smallest absolute Gasteiger partial charge is 0.151 e. The topological polar surface area (TPSA) is 48.1 Å². The second-order valence-electron chi connectivity index (χ2n) is 4.66. The van der Waals surface area contributed by atoms with Gasteiger partial charge in [0.2, 0.25) is 0 Å². The molecule has 0 saturated carbocycles. The molecular weight excluding hydrogens is 264 g/mol. The van der Waals surface area contributed by atoms with Gasteiger partial charge in [0, 0.05) is 11.4 Å². The van der Waals surface area contributed by atoms with Gasteiger partial charge in [-0.15, -0.1) is 11.3 Å². The van der Waals surface area contributed by atoms with Crippen molar-refractivity contribution in [2.75, 3.05) is 11.5 Å². The van der Waals surface area contributed by atoms with Gasteiger partial charge in [-0.25, -0.2) is 4.98 Å². The number of thiazole rings is 1. The summed E-state index contributed by atoms with van der Waals surface area (Å²) in [5.74, 6) is 1.000. The third-order valence-electron chi connectivity index (χ3n) is 3.11. The molecule has 2 aromatic rings. The van der Waals surface area contributed by atoms with Crippen LogP contribution in [0.4, 0.5) is 5.69 Å². The Hall–Kier alpha value is -0.780. The summed E-state index contributed by atoms with van der Waals surface area (Å²) in [6, 6.07) is 5.88. The zero-order valence-electron chi connectivity index (χ0n) is 10.3. The highest BCUT2D eigenvalue weighted by atomic mass is 32.2. The van der Waals surface area contributed by atoms with Crippen molar-refractivity contribution < 1.29 is 4.74 Å². The van der Waals surface area contributed by atoms with E-state index < -0.39 is 0 Å². The Morgan fingerprint density at radius 3 is 3.17 bits per heavy atom. The molecule has 5 heteroatoms. The van der Waals surface area contributed by atoms with Crippen molar-refractivity contribution in [3.05, 3.63) is 18.2 Å². The fourth-order valence-corrected chi connectivity index (χ4v) is 4.35. The monoisotopic (exact) mass is 280 g/mol. The third kappa shape index (κ3) is 2.63. The van der Waals surface area contributed by atoms with Gasteiger partial charge in [-0.3, -0.25) is 0 Å². The van der Waals surface area contributed by atoms with E-state index in [0.717, 1.165) is 21.3 Å². The SMILES string of the molecule is CC1CCC(CSc2nc3ccc(N)cc3s2)O1. The third-order valence-corrected chi connectivity index (χ3v) is 5.40. The van der Waals surface area contributed by atoms with Gasteiger partial charge in [0.25, 0.3) is 0 Å². The minimum Gasteiger partial charge on any atom is -0.399 e. The van der Waals surface area contributed by atoms with Gasteiger partial charge in [0.15, 0.2) is 4.34 Å². The lowest BCUT2D eigenvalue weighted by Gasteiger charge is -2.08. The molecule has 2 atom stereocenters. The fourth-order valence-electron chi connectivity index (χ4n) is 2.15. The average molecular weight is 280 g/mol. The molecule has 0 amide bonds. The second-order valence-corrected chi connectivity index (χ2v) is 6.96. The van der Waals surface area contributed by atoms with Gasteiger partial charge in [0.05, 0.1) is 22.4 Å². The molecule has 1 fully saturated rings. The highest BCUT2D eigenvalue weighted by Crippen LogP contribution is 2.32. The zero-order chi connectivity index (χ0) is 12.5. The molecule has 0 bridgehead atoms. The van der Waals surface area contributed by atoms with Crippen LogP contribution in [0, 0.1) is 0 Å². The molecule has 1 aliphatic heterocycles. The highest BCUT2D eigenvalue weighted by Gasteiger charge is 2.22. The van der Waals surface area contributed by atoms with Crippen molar-refractivity contribution in [3.8, 4) is 0 Å². The fraction of sp³-hybridized carbons (Fsp3) is 0.462. The number of benzene rings is 1. The largest absolute Gasteiger partial charge is 0.399 e. The van der Waals surface area contributed by atoms with Crippen molar-refractivity contribution in [1.82, 2.24) is 4.98 Å².